The predicted octanol–water partition coefficient (Wildman–Crippen LogP) is 1.88. The second kappa shape index (κ2) is 6.33. The highest BCUT2D eigenvalue weighted by Crippen LogP contribution is 2.25. The van der Waals surface area contributed by atoms with Crippen molar-refractivity contribution in [3.63, 3.8) is 0 Å². The fourth-order valence-corrected chi connectivity index (χ4v) is 2.18. The average Bonchev–Trinajstić information content (AvgIpc) is 2.84. The van der Waals surface area contributed by atoms with Crippen molar-refractivity contribution in [1.29, 1.82) is 0 Å². The van der Waals surface area contributed by atoms with Crippen LogP contribution >= 0.6 is 0 Å². The topological polar surface area (TPSA) is 71.5 Å². The Morgan fingerprint density at radius 3 is 3.16 bits per heavy atom. The van der Waals surface area contributed by atoms with Gasteiger partial charge in [0.15, 0.2) is 0 Å². The number of carboxylic acids is 1. The average molecular weight is 262 g/mol. The summed E-state index contributed by atoms with van der Waals surface area (Å²) in [6.45, 7) is 5.07. The van der Waals surface area contributed by atoms with E-state index in [2.05, 4.69) is 16.9 Å². The Hall–Kier alpha value is -1.88. The minimum Gasteiger partial charge on any atom is -0.478 e. The number of ether oxygens (including phenoxy) is 1. The number of aromatic carboxylic acids is 1. The molecule has 1 aliphatic rings. The van der Waals surface area contributed by atoms with Gasteiger partial charge in [-0.1, -0.05) is 6.08 Å². The first-order chi connectivity index (χ1) is 9.22. The molecule has 0 saturated carbocycles. The zero-order valence-corrected chi connectivity index (χ0v) is 10.8. The van der Waals surface area contributed by atoms with Crippen LogP contribution < -0.4 is 5.32 Å². The van der Waals surface area contributed by atoms with Gasteiger partial charge < -0.3 is 15.2 Å². The molecular weight excluding hydrogens is 244 g/mol. The molecule has 1 heterocycles. The molecule has 2 N–H and O–H groups in total. The highest BCUT2D eigenvalue weighted by Gasteiger charge is 2.19. The van der Waals surface area contributed by atoms with Gasteiger partial charge in [0.05, 0.1) is 13.2 Å². The number of fused-ring (bicyclic) bond motifs is 1. The highest BCUT2D eigenvalue weighted by atomic mass is 16.5. The molecule has 0 atom stereocenters. The lowest BCUT2D eigenvalue weighted by Gasteiger charge is -2.11. The van der Waals surface area contributed by atoms with E-state index in [1.807, 2.05) is 0 Å². The zero-order chi connectivity index (χ0) is 13.7. The molecule has 0 spiro atoms. The molecule has 2 rings (SSSR count). The summed E-state index contributed by atoms with van der Waals surface area (Å²) in [6, 6.07) is 1.74. The Morgan fingerprint density at radius 1 is 1.58 bits per heavy atom. The first-order valence-corrected chi connectivity index (χ1v) is 6.41. The van der Waals surface area contributed by atoms with Crippen LogP contribution in [-0.4, -0.2) is 35.8 Å². The van der Waals surface area contributed by atoms with Gasteiger partial charge in [0.1, 0.15) is 11.4 Å². The van der Waals surface area contributed by atoms with Gasteiger partial charge in [0.2, 0.25) is 0 Å². The molecule has 19 heavy (non-hydrogen) atoms. The van der Waals surface area contributed by atoms with Crippen molar-refractivity contribution in [2.45, 2.75) is 19.3 Å². The summed E-state index contributed by atoms with van der Waals surface area (Å²) >= 11 is 0. The number of carbonyl (C=O) groups is 1. The van der Waals surface area contributed by atoms with E-state index in [1.54, 1.807) is 12.1 Å². The van der Waals surface area contributed by atoms with Crippen LogP contribution in [0.15, 0.2) is 18.7 Å². The van der Waals surface area contributed by atoms with E-state index in [-0.39, 0.29) is 5.56 Å². The smallest absolute Gasteiger partial charge is 0.339 e. The fraction of sp³-hybridized carbons (Fsp3) is 0.429. The maximum Gasteiger partial charge on any atom is 0.339 e. The number of rotatable bonds is 7. The van der Waals surface area contributed by atoms with Crippen molar-refractivity contribution in [2.75, 3.05) is 25.1 Å². The van der Waals surface area contributed by atoms with Crippen LogP contribution in [-0.2, 0) is 17.6 Å². The molecule has 0 unspecified atom stereocenters. The van der Waals surface area contributed by atoms with E-state index in [1.165, 1.54) is 0 Å². The fourth-order valence-electron chi connectivity index (χ4n) is 2.18. The zero-order valence-electron chi connectivity index (χ0n) is 10.8. The van der Waals surface area contributed by atoms with Gasteiger partial charge in [0.25, 0.3) is 0 Å². The Morgan fingerprint density at radius 2 is 2.42 bits per heavy atom. The summed E-state index contributed by atoms with van der Waals surface area (Å²) in [5, 5.41) is 12.2. The molecule has 1 aromatic heterocycles. The molecule has 0 fully saturated rings. The SMILES string of the molecule is C=CCOCCNc1nc2c(cc1C(=O)O)CCC2. The van der Waals surface area contributed by atoms with Crippen LogP contribution in [0.25, 0.3) is 0 Å². The molecule has 5 nitrogen and oxygen atoms in total. The second-order valence-electron chi connectivity index (χ2n) is 4.44. The van der Waals surface area contributed by atoms with Crippen LogP contribution in [0.1, 0.15) is 28.0 Å². The Kier molecular flexibility index (Phi) is 4.52. The molecular formula is C14H18N2O3. The normalized spacial score (nSPS) is 13.1. The molecule has 0 amide bonds. The monoisotopic (exact) mass is 262 g/mol. The molecule has 0 saturated heterocycles. The van der Waals surface area contributed by atoms with Crippen LogP contribution in [0.3, 0.4) is 0 Å². The Balaban J connectivity index is 2.05. The predicted molar refractivity (Wildman–Crippen MR) is 72.7 cm³/mol. The van der Waals surface area contributed by atoms with Crippen molar-refractivity contribution in [3.8, 4) is 0 Å². The van der Waals surface area contributed by atoms with E-state index >= 15 is 0 Å². The lowest BCUT2D eigenvalue weighted by molar-refractivity contribution is 0.0697. The van der Waals surface area contributed by atoms with Crippen molar-refractivity contribution in [3.05, 3.63) is 35.5 Å². The van der Waals surface area contributed by atoms with Gasteiger partial charge >= 0.3 is 5.97 Å². The maximum absolute atomic E-state index is 11.2. The largest absolute Gasteiger partial charge is 0.478 e. The first-order valence-electron chi connectivity index (χ1n) is 6.41. The van der Waals surface area contributed by atoms with Crippen LogP contribution in [0, 0.1) is 0 Å². The Labute approximate surface area is 112 Å². The summed E-state index contributed by atoms with van der Waals surface area (Å²) in [6.07, 6.45) is 4.58. The number of nitrogens with zero attached hydrogens (tertiary/aromatic N) is 1. The number of anilines is 1. The number of pyridine rings is 1. The van der Waals surface area contributed by atoms with Crippen molar-refractivity contribution in [1.82, 2.24) is 4.98 Å². The third-order valence-electron chi connectivity index (χ3n) is 3.06. The van der Waals surface area contributed by atoms with Gasteiger partial charge in [-0.15, -0.1) is 6.58 Å². The highest BCUT2D eigenvalue weighted by molar-refractivity contribution is 5.93. The second-order valence-corrected chi connectivity index (χ2v) is 4.44. The molecule has 0 bridgehead atoms. The lowest BCUT2D eigenvalue weighted by Crippen LogP contribution is -2.14. The summed E-state index contributed by atoms with van der Waals surface area (Å²) in [7, 11) is 0. The first kappa shape index (κ1) is 13.5. The van der Waals surface area contributed by atoms with Gasteiger partial charge in [-0.25, -0.2) is 9.78 Å². The van der Waals surface area contributed by atoms with E-state index in [0.29, 0.717) is 25.6 Å². The number of carboxylic acid groups (broad SMARTS) is 1. The summed E-state index contributed by atoms with van der Waals surface area (Å²) < 4.78 is 5.24. The van der Waals surface area contributed by atoms with E-state index < -0.39 is 5.97 Å². The minimum absolute atomic E-state index is 0.240. The van der Waals surface area contributed by atoms with Crippen LogP contribution in [0.5, 0.6) is 0 Å². The van der Waals surface area contributed by atoms with E-state index in [9.17, 15) is 9.90 Å². The Bertz CT molecular complexity index is 486. The lowest BCUT2D eigenvalue weighted by atomic mass is 10.1. The van der Waals surface area contributed by atoms with Crippen LogP contribution in [0.2, 0.25) is 0 Å². The van der Waals surface area contributed by atoms with Gasteiger partial charge in [-0.3, -0.25) is 0 Å². The minimum atomic E-state index is -0.947. The summed E-state index contributed by atoms with van der Waals surface area (Å²) in [4.78, 5) is 15.7. The number of hydrogen-bond donors (Lipinski definition) is 2. The molecule has 0 aliphatic heterocycles. The van der Waals surface area contributed by atoms with Crippen molar-refractivity contribution in [2.24, 2.45) is 0 Å². The summed E-state index contributed by atoms with van der Waals surface area (Å²) in [5.74, 6) is -0.507. The third kappa shape index (κ3) is 3.32. The maximum atomic E-state index is 11.2. The third-order valence-corrected chi connectivity index (χ3v) is 3.06. The van der Waals surface area contributed by atoms with Crippen molar-refractivity contribution < 1.29 is 14.6 Å². The number of aromatic nitrogens is 1. The standard InChI is InChI=1S/C14H18N2O3/c1-2-7-19-8-6-15-13-11(14(17)18)9-10-4-3-5-12(10)16-13/h2,9H,1,3-8H2,(H,15,16)(H,17,18). The number of aryl methyl sites for hydroxylation is 2. The number of hydrogen-bond acceptors (Lipinski definition) is 4. The molecule has 1 aromatic rings. The molecule has 0 radical (unpaired) electrons. The molecule has 5 heteroatoms. The van der Waals surface area contributed by atoms with Crippen LogP contribution in [0.4, 0.5) is 5.82 Å². The van der Waals surface area contributed by atoms with Gasteiger partial charge in [0, 0.05) is 12.2 Å². The van der Waals surface area contributed by atoms with E-state index in [4.69, 9.17) is 4.74 Å². The van der Waals surface area contributed by atoms with E-state index in [0.717, 1.165) is 30.5 Å². The van der Waals surface area contributed by atoms with Crippen molar-refractivity contribution >= 4 is 11.8 Å². The molecule has 102 valence electrons. The molecule has 1 aliphatic carbocycles. The summed E-state index contributed by atoms with van der Waals surface area (Å²) in [5.41, 5.74) is 2.31. The quantitative estimate of drug-likeness (QED) is 0.580. The molecule has 0 aromatic carbocycles. The van der Waals surface area contributed by atoms with Gasteiger partial charge in [-0.2, -0.15) is 0 Å². The van der Waals surface area contributed by atoms with Gasteiger partial charge in [-0.05, 0) is 30.9 Å². The number of nitrogens with one attached hydrogen (secondary N) is 1.